The standard InChI is InChI=1S/C28H46O2/c1-7-28(30)17-16-26(5)20(18-28)8-9-21-23-11-10-22(19(2)12-14-25(3,4)29)27(23,6)15-13-24(21)26/h7-8,19,21-24,29-30H,1,9-18H2,2-6H3. The van der Waals surface area contributed by atoms with E-state index in [-0.39, 0.29) is 5.41 Å². The molecule has 30 heavy (non-hydrogen) atoms. The summed E-state index contributed by atoms with van der Waals surface area (Å²) in [5.74, 6) is 3.96. The second kappa shape index (κ2) is 7.48. The van der Waals surface area contributed by atoms with Crippen molar-refractivity contribution in [2.45, 2.75) is 110 Å². The molecule has 0 aliphatic heterocycles. The van der Waals surface area contributed by atoms with Crippen LogP contribution in [0.3, 0.4) is 0 Å². The van der Waals surface area contributed by atoms with Crippen LogP contribution in [0.1, 0.15) is 98.8 Å². The minimum absolute atomic E-state index is 0.282. The lowest BCUT2D eigenvalue weighted by Crippen LogP contribution is -2.52. The van der Waals surface area contributed by atoms with Gasteiger partial charge in [-0.15, -0.1) is 6.58 Å². The first kappa shape index (κ1) is 22.6. The minimum atomic E-state index is -0.685. The molecule has 4 aliphatic carbocycles. The molecule has 0 bridgehead atoms. The van der Waals surface area contributed by atoms with Crippen molar-refractivity contribution in [1.29, 1.82) is 0 Å². The van der Waals surface area contributed by atoms with Crippen molar-refractivity contribution >= 4 is 0 Å². The zero-order valence-electron chi connectivity index (χ0n) is 20.2. The third-order valence-corrected chi connectivity index (χ3v) is 10.6. The van der Waals surface area contributed by atoms with Crippen LogP contribution in [0, 0.1) is 40.4 Å². The van der Waals surface area contributed by atoms with Crippen LogP contribution in [0.25, 0.3) is 0 Å². The molecule has 8 atom stereocenters. The number of allylic oxidation sites excluding steroid dienone is 1. The number of fused-ring (bicyclic) bond motifs is 5. The molecule has 0 aromatic heterocycles. The number of hydrogen-bond acceptors (Lipinski definition) is 2. The van der Waals surface area contributed by atoms with Gasteiger partial charge >= 0.3 is 0 Å². The summed E-state index contributed by atoms with van der Waals surface area (Å²) in [6.07, 6.45) is 15.9. The van der Waals surface area contributed by atoms with Gasteiger partial charge in [-0.05, 0) is 112 Å². The predicted octanol–water partition coefficient (Wildman–Crippen LogP) is 6.67. The lowest BCUT2D eigenvalue weighted by Gasteiger charge is -2.59. The van der Waals surface area contributed by atoms with Gasteiger partial charge in [0.05, 0.1) is 11.2 Å². The third kappa shape index (κ3) is 3.64. The van der Waals surface area contributed by atoms with Gasteiger partial charge in [-0.25, -0.2) is 0 Å². The van der Waals surface area contributed by atoms with Gasteiger partial charge < -0.3 is 10.2 Å². The molecule has 0 heterocycles. The van der Waals surface area contributed by atoms with Crippen molar-refractivity contribution in [3.63, 3.8) is 0 Å². The molecule has 4 rings (SSSR count). The summed E-state index contributed by atoms with van der Waals surface area (Å²) in [4.78, 5) is 0. The molecule has 0 spiro atoms. The van der Waals surface area contributed by atoms with Crippen LogP contribution in [0.4, 0.5) is 0 Å². The molecule has 0 aromatic rings. The van der Waals surface area contributed by atoms with Crippen LogP contribution in [-0.2, 0) is 0 Å². The Morgan fingerprint density at radius 2 is 1.90 bits per heavy atom. The first-order chi connectivity index (χ1) is 13.9. The Labute approximate surface area is 185 Å². The summed E-state index contributed by atoms with van der Waals surface area (Å²) in [7, 11) is 0. The third-order valence-electron chi connectivity index (χ3n) is 10.6. The Bertz CT molecular complexity index is 702. The predicted molar refractivity (Wildman–Crippen MR) is 125 cm³/mol. The molecule has 3 fully saturated rings. The topological polar surface area (TPSA) is 40.5 Å². The lowest BCUT2D eigenvalue weighted by molar-refractivity contribution is -0.0663. The Balaban J connectivity index is 1.53. The molecule has 2 N–H and O–H groups in total. The molecular formula is C28H46O2. The average Bonchev–Trinajstić information content (AvgIpc) is 3.03. The van der Waals surface area contributed by atoms with E-state index in [4.69, 9.17) is 0 Å². The van der Waals surface area contributed by atoms with Crippen LogP contribution in [0.2, 0.25) is 0 Å². The van der Waals surface area contributed by atoms with Crippen LogP contribution in [-0.4, -0.2) is 21.4 Å². The average molecular weight is 415 g/mol. The summed E-state index contributed by atoms with van der Waals surface area (Å²) < 4.78 is 0. The van der Waals surface area contributed by atoms with E-state index in [9.17, 15) is 10.2 Å². The molecular weight excluding hydrogens is 368 g/mol. The second-order valence-electron chi connectivity index (χ2n) is 12.8. The van der Waals surface area contributed by atoms with Crippen molar-refractivity contribution in [3.05, 3.63) is 24.3 Å². The molecule has 0 saturated heterocycles. The fourth-order valence-electron chi connectivity index (χ4n) is 8.60. The van der Waals surface area contributed by atoms with Gasteiger partial charge in [0.1, 0.15) is 0 Å². The van der Waals surface area contributed by atoms with Crippen molar-refractivity contribution in [2.75, 3.05) is 0 Å². The molecule has 0 aromatic carbocycles. The Kier molecular flexibility index (Phi) is 5.63. The van der Waals surface area contributed by atoms with E-state index in [0.717, 1.165) is 55.8 Å². The second-order valence-corrected chi connectivity index (χ2v) is 12.8. The van der Waals surface area contributed by atoms with Crippen LogP contribution >= 0.6 is 0 Å². The number of aliphatic hydroxyl groups is 2. The maximum atomic E-state index is 10.8. The largest absolute Gasteiger partial charge is 0.390 e. The van der Waals surface area contributed by atoms with E-state index in [0.29, 0.717) is 11.3 Å². The normalized spacial score (nSPS) is 47.0. The highest BCUT2D eigenvalue weighted by Crippen LogP contribution is 2.67. The van der Waals surface area contributed by atoms with E-state index in [1.54, 1.807) is 6.08 Å². The highest BCUT2D eigenvalue weighted by Gasteiger charge is 2.59. The summed E-state index contributed by atoms with van der Waals surface area (Å²) in [5, 5.41) is 21.1. The molecule has 0 radical (unpaired) electrons. The Morgan fingerprint density at radius 3 is 2.57 bits per heavy atom. The van der Waals surface area contributed by atoms with Crippen LogP contribution in [0.5, 0.6) is 0 Å². The van der Waals surface area contributed by atoms with E-state index in [1.807, 2.05) is 13.8 Å². The molecule has 170 valence electrons. The quantitative estimate of drug-likeness (QED) is 0.493. The SMILES string of the molecule is C=CC1(O)CCC2(C)C(=CCC3C2CCC2(C)C(C(C)CCC(C)(C)O)CCC32)C1. The minimum Gasteiger partial charge on any atom is -0.390 e. The van der Waals surface area contributed by atoms with Gasteiger partial charge in [-0.2, -0.15) is 0 Å². The smallest absolute Gasteiger partial charge is 0.0862 e. The summed E-state index contributed by atoms with van der Waals surface area (Å²) >= 11 is 0. The van der Waals surface area contributed by atoms with E-state index < -0.39 is 11.2 Å². The highest BCUT2D eigenvalue weighted by molar-refractivity contribution is 5.28. The van der Waals surface area contributed by atoms with E-state index in [1.165, 1.54) is 37.7 Å². The molecule has 0 amide bonds. The fourth-order valence-corrected chi connectivity index (χ4v) is 8.60. The Hall–Kier alpha value is -0.600. The zero-order chi connectivity index (χ0) is 21.9. The van der Waals surface area contributed by atoms with Gasteiger partial charge in [0.2, 0.25) is 0 Å². The van der Waals surface area contributed by atoms with Gasteiger partial charge in [0.25, 0.3) is 0 Å². The summed E-state index contributed by atoms with van der Waals surface area (Å²) in [5.41, 5.74) is 1.05. The fraction of sp³-hybridized carbons (Fsp3) is 0.857. The van der Waals surface area contributed by atoms with Gasteiger partial charge in [0, 0.05) is 6.42 Å². The van der Waals surface area contributed by atoms with Crippen molar-refractivity contribution in [2.24, 2.45) is 40.4 Å². The van der Waals surface area contributed by atoms with Crippen molar-refractivity contribution in [3.8, 4) is 0 Å². The van der Waals surface area contributed by atoms with Crippen molar-refractivity contribution < 1.29 is 10.2 Å². The van der Waals surface area contributed by atoms with Gasteiger partial charge in [0.15, 0.2) is 0 Å². The number of hydrogen-bond donors (Lipinski definition) is 2. The molecule has 8 unspecified atom stereocenters. The molecule has 2 heteroatoms. The summed E-state index contributed by atoms with van der Waals surface area (Å²) in [6.45, 7) is 15.4. The van der Waals surface area contributed by atoms with Gasteiger partial charge in [-0.1, -0.05) is 38.5 Å². The number of rotatable bonds is 5. The molecule has 3 saturated carbocycles. The van der Waals surface area contributed by atoms with Crippen LogP contribution < -0.4 is 0 Å². The first-order valence-corrected chi connectivity index (χ1v) is 12.7. The summed E-state index contributed by atoms with van der Waals surface area (Å²) in [6, 6.07) is 0. The van der Waals surface area contributed by atoms with E-state index in [2.05, 4.69) is 33.4 Å². The maximum Gasteiger partial charge on any atom is 0.0862 e. The zero-order valence-corrected chi connectivity index (χ0v) is 20.2. The lowest BCUT2D eigenvalue weighted by atomic mass is 9.46. The van der Waals surface area contributed by atoms with Crippen LogP contribution in [0.15, 0.2) is 24.3 Å². The highest BCUT2D eigenvalue weighted by atomic mass is 16.3. The first-order valence-electron chi connectivity index (χ1n) is 12.7. The van der Waals surface area contributed by atoms with E-state index >= 15 is 0 Å². The molecule has 2 nitrogen and oxygen atoms in total. The van der Waals surface area contributed by atoms with Crippen molar-refractivity contribution in [1.82, 2.24) is 0 Å². The van der Waals surface area contributed by atoms with Gasteiger partial charge in [-0.3, -0.25) is 0 Å². The monoisotopic (exact) mass is 414 g/mol. The maximum absolute atomic E-state index is 10.8. The molecule has 4 aliphatic rings. The Morgan fingerprint density at radius 1 is 1.17 bits per heavy atom.